The van der Waals surface area contributed by atoms with Gasteiger partial charge in [0, 0.05) is 35.9 Å². The molecule has 0 unspecified atom stereocenters. The summed E-state index contributed by atoms with van der Waals surface area (Å²) in [6.45, 7) is 7.20. The minimum absolute atomic E-state index is 0.00398. The zero-order chi connectivity index (χ0) is 17.0. The molecule has 5 heteroatoms. The molecule has 2 aromatic rings. The molecule has 0 N–H and O–H groups in total. The molecule has 0 radical (unpaired) electrons. The van der Waals surface area contributed by atoms with Gasteiger partial charge in [-0.1, -0.05) is 18.2 Å². The summed E-state index contributed by atoms with van der Waals surface area (Å²) in [5.74, 6) is 0.825. The van der Waals surface area contributed by atoms with Crippen LogP contribution < -0.4 is 4.74 Å². The topological polar surface area (TPSA) is 34.5 Å². The van der Waals surface area contributed by atoms with E-state index in [0.29, 0.717) is 18.8 Å². The van der Waals surface area contributed by atoms with Crippen LogP contribution >= 0.6 is 15.9 Å². The first-order valence-corrected chi connectivity index (χ1v) is 8.56. The molecule has 1 amide bonds. The van der Waals surface area contributed by atoms with Crippen LogP contribution in [0.5, 0.6) is 5.75 Å². The maximum atomic E-state index is 12.8. The quantitative estimate of drug-likeness (QED) is 0.741. The number of rotatable bonds is 6. The highest BCUT2D eigenvalue weighted by atomic mass is 79.9. The summed E-state index contributed by atoms with van der Waals surface area (Å²) in [5.41, 5.74) is 1.69. The predicted molar refractivity (Wildman–Crippen MR) is 95.9 cm³/mol. The number of para-hydroxylation sites is 1. The highest BCUT2D eigenvalue weighted by molar-refractivity contribution is 9.10. The molecule has 0 aliphatic heterocycles. The molecular formula is C18H23BrN2O2. The van der Waals surface area contributed by atoms with Crippen molar-refractivity contribution in [1.82, 2.24) is 9.47 Å². The lowest BCUT2D eigenvalue weighted by molar-refractivity contribution is 0.0771. The summed E-state index contributed by atoms with van der Waals surface area (Å²) < 4.78 is 8.54. The van der Waals surface area contributed by atoms with Gasteiger partial charge in [-0.15, -0.1) is 0 Å². The SMILES string of the molecule is CCOc1ccccc1CN(C)C(=O)c1cc(Br)cn1C(C)C. The van der Waals surface area contributed by atoms with Crippen molar-refractivity contribution >= 4 is 21.8 Å². The largest absolute Gasteiger partial charge is 0.494 e. The van der Waals surface area contributed by atoms with E-state index < -0.39 is 0 Å². The summed E-state index contributed by atoms with van der Waals surface area (Å²) in [6.07, 6.45) is 1.94. The summed E-state index contributed by atoms with van der Waals surface area (Å²) in [7, 11) is 1.82. The monoisotopic (exact) mass is 378 g/mol. The van der Waals surface area contributed by atoms with Gasteiger partial charge in [-0.05, 0) is 48.8 Å². The van der Waals surface area contributed by atoms with E-state index in [1.54, 1.807) is 4.90 Å². The molecule has 0 atom stereocenters. The minimum Gasteiger partial charge on any atom is -0.494 e. The molecule has 1 aromatic heterocycles. The van der Waals surface area contributed by atoms with Crippen molar-refractivity contribution < 1.29 is 9.53 Å². The van der Waals surface area contributed by atoms with Crippen LogP contribution in [-0.2, 0) is 6.54 Å². The molecule has 0 saturated carbocycles. The van der Waals surface area contributed by atoms with E-state index in [1.165, 1.54) is 0 Å². The van der Waals surface area contributed by atoms with E-state index in [1.807, 2.05) is 55.1 Å². The zero-order valence-electron chi connectivity index (χ0n) is 14.0. The van der Waals surface area contributed by atoms with Gasteiger partial charge < -0.3 is 14.2 Å². The number of nitrogens with zero attached hydrogens (tertiary/aromatic N) is 2. The lowest BCUT2D eigenvalue weighted by Crippen LogP contribution is -2.28. The number of carbonyl (C=O) groups excluding carboxylic acids is 1. The minimum atomic E-state index is -0.00398. The number of hydrogen-bond acceptors (Lipinski definition) is 2. The average molecular weight is 379 g/mol. The Balaban J connectivity index is 2.21. The van der Waals surface area contributed by atoms with Gasteiger partial charge in [0.05, 0.1) is 6.61 Å². The molecule has 0 saturated heterocycles. The Hall–Kier alpha value is -1.75. The molecule has 0 fully saturated rings. The van der Waals surface area contributed by atoms with Crippen LogP contribution in [0.3, 0.4) is 0 Å². The van der Waals surface area contributed by atoms with Gasteiger partial charge in [0.1, 0.15) is 11.4 Å². The van der Waals surface area contributed by atoms with Crippen molar-refractivity contribution in [2.24, 2.45) is 0 Å². The Bertz CT molecular complexity index is 679. The molecule has 4 nitrogen and oxygen atoms in total. The summed E-state index contributed by atoms with van der Waals surface area (Å²) in [4.78, 5) is 14.5. The van der Waals surface area contributed by atoms with Crippen molar-refractivity contribution in [3.8, 4) is 5.75 Å². The first-order chi connectivity index (χ1) is 10.9. The van der Waals surface area contributed by atoms with Gasteiger partial charge in [0.25, 0.3) is 5.91 Å². The van der Waals surface area contributed by atoms with Crippen LogP contribution in [0.15, 0.2) is 41.0 Å². The number of hydrogen-bond donors (Lipinski definition) is 0. The smallest absolute Gasteiger partial charge is 0.270 e. The lowest BCUT2D eigenvalue weighted by Gasteiger charge is -2.21. The molecule has 2 rings (SSSR count). The number of amides is 1. The van der Waals surface area contributed by atoms with Gasteiger partial charge in [-0.3, -0.25) is 4.79 Å². The van der Waals surface area contributed by atoms with Gasteiger partial charge in [0.2, 0.25) is 0 Å². The second-order valence-corrected chi connectivity index (χ2v) is 6.66. The van der Waals surface area contributed by atoms with Gasteiger partial charge in [-0.25, -0.2) is 0 Å². The van der Waals surface area contributed by atoms with E-state index in [4.69, 9.17) is 4.74 Å². The third kappa shape index (κ3) is 4.16. The summed E-state index contributed by atoms with van der Waals surface area (Å²) in [5, 5.41) is 0. The lowest BCUT2D eigenvalue weighted by atomic mass is 10.2. The van der Waals surface area contributed by atoms with Crippen molar-refractivity contribution in [2.75, 3.05) is 13.7 Å². The Labute approximate surface area is 146 Å². The van der Waals surface area contributed by atoms with E-state index >= 15 is 0 Å². The van der Waals surface area contributed by atoms with Crippen LogP contribution in [0.2, 0.25) is 0 Å². The van der Waals surface area contributed by atoms with Crippen molar-refractivity contribution in [1.29, 1.82) is 0 Å². The van der Waals surface area contributed by atoms with E-state index in [0.717, 1.165) is 15.8 Å². The van der Waals surface area contributed by atoms with Gasteiger partial charge in [-0.2, -0.15) is 0 Å². The Kier molecular flexibility index (Phi) is 5.88. The highest BCUT2D eigenvalue weighted by Crippen LogP contribution is 2.23. The van der Waals surface area contributed by atoms with E-state index in [-0.39, 0.29) is 11.9 Å². The van der Waals surface area contributed by atoms with Crippen LogP contribution in [0.25, 0.3) is 0 Å². The molecule has 23 heavy (non-hydrogen) atoms. The van der Waals surface area contributed by atoms with Crippen LogP contribution in [0.1, 0.15) is 42.9 Å². The van der Waals surface area contributed by atoms with Crippen molar-refractivity contribution in [3.63, 3.8) is 0 Å². The number of ether oxygens (including phenoxy) is 1. The number of benzene rings is 1. The normalized spacial score (nSPS) is 10.9. The Morgan fingerprint density at radius 3 is 2.70 bits per heavy atom. The second-order valence-electron chi connectivity index (χ2n) is 5.75. The maximum Gasteiger partial charge on any atom is 0.270 e. The van der Waals surface area contributed by atoms with E-state index in [9.17, 15) is 4.79 Å². The fraction of sp³-hybridized carbons (Fsp3) is 0.389. The average Bonchev–Trinajstić information content (AvgIpc) is 2.91. The molecular weight excluding hydrogens is 356 g/mol. The van der Waals surface area contributed by atoms with E-state index in [2.05, 4.69) is 29.8 Å². The molecule has 0 aliphatic rings. The third-order valence-corrected chi connectivity index (χ3v) is 4.05. The standard InChI is InChI=1S/C18H23BrN2O2/c1-5-23-17-9-7-6-8-14(17)11-20(4)18(22)16-10-15(19)12-21(16)13(2)3/h6-10,12-13H,5,11H2,1-4H3. The number of carbonyl (C=O) groups is 1. The fourth-order valence-corrected chi connectivity index (χ4v) is 2.94. The van der Waals surface area contributed by atoms with Crippen molar-refractivity contribution in [2.45, 2.75) is 33.4 Å². The summed E-state index contributed by atoms with van der Waals surface area (Å²) >= 11 is 3.46. The zero-order valence-corrected chi connectivity index (χ0v) is 15.6. The maximum absolute atomic E-state index is 12.8. The first-order valence-electron chi connectivity index (χ1n) is 7.77. The molecule has 0 aliphatic carbocycles. The first kappa shape index (κ1) is 17.6. The molecule has 124 valence electrons. The van der Waals surface area contributed by atoms with Crippen LogP contribution in [0.4, 0.5) is 0 Å². The van der Waals surface area contributed by atoms with Crippen LogP contribution in [-0.4, -0.2) is 29.0 Å². The number of halogens is 1. The molecule has 0 spiro atoms. The second kappa shape index (κ2) is 7.68. The molecule has 1 aromatic carbocycles. The molecule has 1 heterocycles. The third-order valence-electron chi connectivity index (χ3n) is 3.62. The van der Waals surface area contributed by atoms with Crippen molar-refractivity contribution in [3.05, 3.63) is 52.3 Å². The number of aromatic nitrogens is 1. The van der Waals surface area contributed by atoms with Crippen LogP contribution in [0, 0.1) is 0 Å². The summed E-state index contributed by atoms with van der Waals surface area (Å²) in [6, 6.07) is 9.93. The predicted octanol–water partition coefficient (Wildman–Crippen LogP) is 4.50. The highest BCUT2D eigenvalue weighted by Gasteiger charge is 2.19. The molecule has 0 bridgehead atoms. The fourth-order valence-electron chi connectivity index (χ4n) is 2.50. The Morgan fingerprint density at radius 1 is 1.35 bits per heavy atom. The van der Waals surface area contributed by atoms with Gasteiger partial charge >= 0.3 is 0 Å². The Morgan fingerprint density at radius 2 is 2.04 bits per heavy atom. The van der Waals surface area contributed by atoms with Gasteiger partial charge in [0.15, 0.2) is 0 Å².